The fraction of sp³-hybridized carbons (Fsp3) is 0.0556. The van der Waals surface area contributed by atoms with E-state index in [2.05, 4.69) is 10.6 Å². The molecular weight excluding hydrogens is 376 g/mol. The van der Waals surface area contributed by atoms with Crippen LogP contribution in [-0.2, 0) is 16.1 Å². The highest BCUT2D eigenvalue weighted by molar-refractivity contribution is 7.14. The van der Waals surface area contributed by atoms with Gasteiger partial charge in [-0.25, -0.2) is 0 Å². The van der Waals surface area contributed by atoms with Gasteiger partial charge in [0.25, 0.3) is 0 Å². The van der Waals surface area contributed by atoms with Crippen molar-refractivity contribution >= 4 is 46.2 Å². The van der Waals surface area contributed by atoms with Crippen molar-refractivity contribution < 1.29 is 18.8 Å². The Morgan fingerprint density at radius 1 is 1.04 bits per heavy atom. The maximum absolute atomic E-state index is 12.2. The normalized spacial score (nSPS) is 10.3. The molecule has 0 bridgehead atoms. The standard InChI is InChI=1S/C18H13ClN2O4S/c19-11-3-1-4-12(9-11)21-18(24)17(23)20-10-13-6-7-15(26-13)16(22)14-5-2-8-25-14/h1-9H,10H2,(H,20,23)(H,21,24). The highest BCUT2D eigenvalue weighted by atomic mass is 35.5. The summed E-state index contributed by atoms with van der Waals surface area (Å²) in [6.07, 6.45) is 1.43. The summed E-state index contributed by atoms with van der Waals surface area (Å²) in [6, 6.07) is 13.1. The molecule has 2 amide bonds. The number of rotatable bonds is 5. The Morgan fingerprint density at radius 3 is 2.62 bits per heavy atom. The smallest absolute Gasteiger partial charge is 0.313 e. The number of carbonyl (C=O) groups excluding carboxylic acids is 3. The highest BCUT2D eigenvalue weighted by Crippen LogP contribution is 2.20. The van der Waals surface area contributed by atoms with Crippen LogP contribution in [0.3, 0.4) is 0 Å². The fourth-order valence-corrected chi connectivity index (χ4v) is 3.21. The minimum atomic E-state index is -0.796. The third-order valence-electron chi connectivity index (χ3n) is 3.34. The lowest BCUT2D eigenvalue weighted by molar-refractivity contribution is -0.136. The van der Waals surface area contributed by atoms with Crippen molar-refractivity contribution in [3.05, 3.63) is 75.3 Å². The quantitative estimate of drug-likeness (QED) is 0.517. The molecule has 0 radical (unpaired) electrons. The first-order valence-corrected chi connectivity index (χ1v) is 8.74. The molecule has 0 unspecified atom stereocenters. The van der Waals surface area contributed by atoms with E-state index in [1.807, 2.05) is 0 Å². The van der Waals surface area contributed by atoms with Crippen LogP contribution in [0.5, 0.6) is 0 Å². The number of ketones is 1. The van der Waals surface area contributed by atoms with Gasteiger partial charge in [0.1, 0.15) is 0 Å². The summed E-state index contributed by atoms with van der Waals surface area (Å²) in [4.78, 5) is 37.2. The number of nitrogens with one attached hydrogen (secondary N) is 2. The third-order valence-corrected chi connectivity index (χ3v) is 4.66. The predicted octanol–water partition coefficient (Wildman–Crippen LogP) is 3.48. The first kappa shape index (κ1) is 17.9. The van der Waals surface area contributed by atoms with Gasteiger partial charge in [0.05, 0.1) is 17.7 Å². The number of hydrogen-bond donors (Lipinski definition) is 2. The molecule has 0 aliphatic carbocycles. The van der Waals surface area contributed by atoms with Gasteiger partial charge in [-0.2, -0.15) is 0 Å². The van der Waals surface area contributed by atoms with E-state index in [4.69, 9.17) is 16.0 Å². The Morgan fingerprint density at radius 2 is 1.88 bits per heavy atom. The maximum Gasteiger partial charge on any atom is 0.313 e. The molecule has 132 valence electrons. The Hall–Kier alpha value is -2.90. The molecule has 0 aliphatic rings. The molecule has 0 saturated carbocycles. The van der Waals surface area contributed by atoms with Crippen LogP contribution in [-0.4, -0.2) is 17.6 Å². The Balaban J connectivity index is 1.54. The molecule has 0 aliphatic heterocycles. The number of carbonyl (C=O) groups is 3. The van der Waals surface area contributed by atoms with Gasteiger partial charge in [-0.1, -0.05) is 17.7 Å². The molecule has 1 aromatic carbocycles. The van der Waals surface area contributed by atoms with E-state index in [1.165, 1.54) is 17.6 Å². The van der Waals surface area contributed by atoms with Crippen LogP contribution in [0.1, 0.15) is 20.3 Å². The number of halogens is 1. The number of furan rings is 1. The summed E-state index contributed by atoms with van der Waals surface area (Å²) in [5, 5.41) is 5.43. The summed E-state index contributed by atoms with van der Waals surface area (Å²) >= 11 is 7.05. The van der Waals surface area contributed by atoms with Crippen molar-refractivity contribution in [2.24, 2.45) is 0 Å². The largest absolute Gasteiger partial charge is 0.461 e. The van der Waals surface area contributed by atoms with Gasteiger partial charge in [-0.3, -0.25) is 14.4 Å². The van der Waals surface area contributed by atoms with E-state index in [-0.39, 0.29) is 18.1 Å². The van der Waals surface area contributed by atoms with E-state index in [0.717, 1.165) is 4.88 Å². The second-order valence-corrected chi connectivity index (χ2v) is 6.82. The molecule has 26 heavy (non-hydrogen) atoms. The molecule has 2 N–H and O–H groups in total. The average molecular weight is 389 g/mol. The number of anilines is 1. The molecule has 0 atom stereocenters. The van der Waals surface area contributed by atoms with Gasteiger partial charge in [0, 0.05) is 15.6 Å². The highest BCUT2D eigenvalue weighted by Gasteiger charge is 2.16. The van der Waals surface area contributed by atoms with E-state index >= 15 is 0 Å². The van der Waals surface area contributed by atoms with Gasteiger partial charge in [0.15, 0.2) is 5.76 Å². The molecular formula is C18H13ClN2O4S. The molecule has 3 rings (SSSR count). The van der Waals surface area contributed by atoms with Crippen LogP contribution in [0, 0.1) is 0 Å². The summed E-state index contributed by atoms with van der Waals surface area (Å²) in [6.45, 7) is 0.137. The summed E-state index contributed by atoms with van der Waals surface area (Å²) in [5.41, 5.74) is 0.431. The Bertz CT molecular complexity index is 950. The molecule has 0 fully saturated rings. The van der Waals surface area contributed by atoms with Crippen molar-refractivity contribution in [1.29, 1.82) is 0 Å². The third kappa shape index (κ3) is 4.38. The van der Waals surface area contributed by atoms with E-state index in [0.29, 0.717) is 15.6 Å². The number of hydrogen-bond acceptors (Lipinski definition) is 5. The van der Waals surface area contributed by atoms with Gasteiger partial charge >= 0.3 is 11.8 Å². The molecule has 0 spiro atoms. The summed E-state index contributed by atoms with van der Waals surface area (Å²) < 4.78 is 5.08. The summed E-state index contributed by atoms with van der Waals surface area (Å²) in [7, 11) is 0. The van der Waals surface area contributed by atoms with Crippen molar-refractivity contribution in [3.8, 4) is 0 Å². The SMILES string of the molecule is O=C(NCc1ccc(C(=O)c2ccco2)s1)C(=O)Nc1cccc(Cl)c1. The lowest BCUT2D eigenvalue weighted by Gasteiger charge is -2.06. The molecule has 3 aromatic rings. The van der Waals surface area contributed by atoms with Crippen LogP contribution < -0.4 is 10.6 Å². The Labute approximate surface area is 157 Å². The van der Waals surface area contributed by atoms with Crippen LogP contribution in [0.25, 0.3) is 0 Å². The van der Waals surface area contributed by atoms with Crippen molar-refractivity contribution in [2.75, 3.05) is 5.32 Å². The average Bonchev–Trinajstić information content (AvgIpc) is 3.31. The monoisotopic (exact) mass is 388 g/mol. The van der Waals surface area contributed by atoms with Crippen LogP contribution >= 0.6 is 22.9 Å². The topological polar surface area (TPSA) is 88.4 Å². The van der Waals surface area contributed by atoms with Gasteiger partial charge in [-0.05, 0) is 42.5 Å². The van der Waals surface area contributed by atoms with Gasteiger partial charge in [0.2, 0.25) is 5.78 Å². The van der Waals surface area contributed by atoms with E-state index < -0.39 is 11.8 Å². The van der Waals surface area contributed by atoms with Crippen molar-refractivity contribution in [2.45, 2.75) is 6.54 Å². The van der Waals surface area contributed by atoms with Crippen LogP contribution in [0.4, 0.5) is 5.69 Å². The van der Waals surface area contributed by atoms with E-state index in [9.17, 15) is 14.4 Å². The molecule has 0 saturated heterocycles. The van der Waals surface area contributed by atoms with Crippen LogP contribution in [0.2, 0.25) is 5.02 Å². The number of amides is 2. The fourth-order valence-electron chi connectivity index (χ4n) is 2.13. The molecule has 8 heteroatoms. The molecule has 2 aromatic heterocycles. The second kappa shape index (κ2) is 7.99. The molecule has 2 heterocycles. The van der Waals surface area contributed by atoms with Gasteiger partial charge < -0.3 is 15.1 Å². The zero-order chi connectivity index (χ0) is 18.5. The lowest BCUT2D eigenvalue weighted by atomic mass is 10.2. The lowest BCUT2D eigenvalue weighted by Crippen LogP contribution is -2.34. The molecule has 6 nitrogen and oxygen atoms in total. The minimum Gasteiger partial charge on any atom is -0.461 e. The first-order chi connectivity index (χ1) is 12.5. The van der Waals surface area contributed by atoms with Crippen molar-refractivity contribution in [3.63, 3.8) is 0 Å². The number of benzene rings is 1. The minimum absolute atomic E-state index is 0.137. The van der Waals surface area contributed by atoms with E-state index in [1.54, 1.807) is 48.5 Å². The zero-order valence-electron chi connectivity index (χ0n) is 13.3. The zero-order valence-corrected chi connectivity index (χ0v) is 14.9. The second-order valence-electron chi connectivity index (χ2n) is 5.22. The van der Waals surface area contributed by atoms with Crippen molar-refractivity contribution in [1.82, 2.24) is 5.32 Å². The first-order valence-electron chi connectivity index (χ1n) is 7.54. The summed E-state index contributed by atoms with van der Waals surface area (Å²) in [5.74, 6) is -1.55. The van der Waals surface area contributed by atoms with Gasteiger partial charge in [-0.15, -0.1) is 11.3 Å². The number of thiophene rings is 1. The van der Waals surface area contributed by atoms with Crippen LogP contribution in [0.15, 0.2) is 59.2 Å². The Kier molecular flexibility index (Phi) is 5.50. The predicted molar refractivity (Wildman–Crippen MR) is 98.4 cm³/mol. The maximum atomic E-state index is 12.2.